The first-order valence-corrected chi connectivity index (χ1v) is 5.88. The molecule has 1 N–H and O–H groups in total. The zero-order valence-corrected chi connectivity index (χ0v) is 11.0. The Morgan fingerprint density at radius 2 is 2.12 bits per heavy atom. The van der Waals surface area contributed by atoms with Crippen molar-refractivity contribution < 1.29 is 4.74 Å². The van der Waals surface area contributed by atoms with E-state index in [1.807, 2.05) is 0 Å². The molecule has 90 valence electrons. The molecule has 0 aliphatic rings. The average Bonchev–Trinajstić information content (AvgIpc) is 2.29. The maximum absolute atomic E-state index is 12.1. The van der Waals surface area contributed by atoms with Crippen LogP contribution in [-0.4, -0.2) is 16.7 Å². The zero-order chi connectivity index (χ0) is 12.6. The molecule has 2 aromatic rings. The molecule has 0 spiro atoms. The lowest BCUT2D eigenvalue weighted by atomic mass is 10.2. The molecule has 0 amide bonds. The number of H-pyrrole nitrogens is 1. The second-order valence-corrected chi connectivity index (χ2v) is 4.33. The summed E-state index contributed by atoms with van der Waals surface area (Å²) in [4.78, 5) is 26.5. The van der Waals surface area contributed by atoms with E-state index in [-0.39, 0.29) is 5.56 Å². The molecule has 17 heavy (non-hydrogen) atoms. The van der Waals surface area contributed by atoms with Crippen LogP contribution in [0.2, 0.25) is 0 Å². The third-order valence-electron chi connectivity index (χ3n) is 2.59. The van der Waals surface area contributed by atoms with Gasteiger partial charge in [0, 0.05) is 11.0 Å². The summed E-state index contributed by atoms with van der Waals surface area (Å²) in [5.41, 5.74) is -0.333. The summed E-state index contributed by atoms with van der Waals surface area (Å²) in [5.74, 6) is 0.473. The number of nitrogens with one attached hydrogen (secondary N) is 1. The van der Waals surface area contributed by atoms with E-state index in [0.717, 1.165) is 4.57 Å². The van der Waals surface area contributed by atoms with Gasteiger partial charge >= 0.3 is 5.69 Å². The van der Waals surface area contributed by atoms with E-state index in [2.05, 4.69) is 20.9 Å². The van der Waals surface area contributed by atoms with Crippen LogP contribution < -0.4 is 16.0 Å². The molecular weight excluding hydrogens is 288 g/mol. The second kappa shape index (κ2) is 4.37. The van der Waals surface area contributed by atoms with E-state index in [1.165, 1.54) is 7.11 Å². The summed E-state index contributed by atoms with van der Waals surface area (Å²) in [6, 6.07) is 3.42. The molecule has 6 heteroatoms. The topological polar surface area (TPSA) is 64.1 Å². The van der Waals surface area contributed by atoms with E-state index < -0.39 is 5.69 Å². The minimum atomic E-state index is -0.429. The van der Waals surface area contributed by atoms with Gasteiger partial charge < -0.3 is 9.72 Å². The van der Waals surface area contributed by atoms with Gasteiger partial charge in [-0.1, -0.05) is 0 Å². The highest BCUT2D eigenvalue weighted by atomic mass is 79.9. The Balaban J connectivity index is 3.06. The first-order chi connectivity index (χ1) is 8.10. The van der Waals surface area contributed by atoms with Crippen molar-refractivity contribution in [3.05, 3.63) is 37.4 Å². The quantitative estimate of drug-likeness (QED) is 0.913. The van der Waals surface area contributed by atoms with Crippen molar-refractivity contribution in [1.29, 1.82) is 0 Å². The molecule has 0 aliphatic carbocycles. The number of aromatic amines is 1. The number of methoxy groups -OCH3 is 1. The van der Waals surface area contributed by atoms with Gasteiger partial charge in [-0.2, -0.15) is 0 Å². The fourth-order valence-corrected chi connectivity index (χ4v) is 2.25. The number of ether oxygens (including phenoxy) is 1. The largest absolute Gasteiger partial charge is 0.495 e. The zero-order valence-electron chi connectivity index (χ0n) is 9.41. The summed E-state index contributed by atoms with van der Waals surface area (Å²) < 4.78 is 6.91. The Morgan fingerprint density at radius 1 is 1.41 bits per heavy atom. The van der Waals surface area contributed by atoms with Crippen molar-refractivity contribution >= 4 is 26.8 Å². The summed E-state index contributed by atoms with van der Waals surface area (Å²) in [7, 11) is 1.49. The Hall–Kier alpha value is -1.56. The number of hydrogen-bond donors (Lipinski definition) is 1. The molecule has 0 unspecified atom stereocenters. The minimum absolute atomic E-state index is 0.322. The summed E-state index contributed by atoms with van der Waals surface area (Å²) in [6.07, 6.45) is 0. The van der Waals surface area contributed by atoms with Crippen LogP contribution in [0, 0.1) is 0 Å². The SMILES string of the molecule is CCn1c(=O)[nH]c2c(OC)ccc(Br)c2c1=O. The van der Waals surface area contributed by atoms with Crippen molar-refractivity contribution in [2.75, 3.05) is 7.11 Å². The summed E-state index contributed by atoms with van der Waals surface area (Å²) in [6.45, 7) is 2.07. The predicted octanol–water partition coefficient (Wildman–Crippen LogP) is 1.48. The molecule has 1 heterocycles. The summed E-state index contributed by atoms with van der Waals surface area (Å²) in [5, 5.41) is 0.422. The van der Waals surface area contributed by atoms with Gasteiger partial charge in [-0.3, -0.25) is 9.36 Å². The number of aromatic nitrogens is 2. The molecule has 0 aliphatic heterocycles. The maximum Gasteiger partial charge on any atom is 0.328 e. The molecule has 0 bridgehead atoms. The van der Waals surface area contributed by atoms with Crippen LogP contribution in [0.25, 0.3) is 10.9 Å². The van der Waals surface area contributed by atoms with Gasteiger partial charge in [-0.05, 0) is 35.0 Å². The molecule has 0 saturated carbocycles. The predicted molar refractivity (Wildman–Crippen MR) is 68.8 cm³/mol. The normalized spacial score (nSPS) is 10.8. The van der Waals surface area contributed by atoms with Crippen molar-refractivity contribution in [1.82, 2.24) is 9.55 Å². The maximum atomic E-state index is 12.1. The second-order valence-electron chi connectivity index (χ2n) is 3.48. The molecule has 0 fully saturated rings. The van der Waals surface area contributed by atoms with Crippen molar-refractivity contribution in [2.45, 2.75) is 13.5 Å². The van der Waals surface area contributed by atoms with E-state index in [4.69, 9.17) is 4.74 Å². The highest BCUT2D eigenvalue weighted by molar-refractivity contribution is 9.10. The first kappa shape index (κ1) is 11.9. The van der Waals surface area contributed by atoms with Gasteiger partial charge in [-0.15, -0.1) is 0 Å². The molecule has 0 radical (unpaired) electrons. The Labute approximate surface area is 105 Å². The van der Waals surface area contributed by atoms with Crippen LogP contribution in [0.4, 0.5) is 0 Å². The van der Waals surface area contributed by atoms with Crippen LogP contribution in [0.1, 0.15) is 6.92 Å². The van der Waals surface area contributed by atoms with Gasteiger partial charge in [0.15, 0.2) is 0 Å². The fourth-order valence-electron chi connectivity index (χ4n) is 1.75. The van der Waals surface area contributed by atoms with Crippen molar-refractivity contribution in [3.8, 4) is 5.75 Å². The molecule has 1 aromatic heterocycles. The van der Waals surface area contributed by atoms with E-state index >= 15 is 0 Å². The Bertz CT molecular complexity index is 687. The highest BCUT2D eigenvalue weighted by Crippen LogP contribution is 2.26. The summed E-state index contributed by atoms with van der Waals surface area (Å²) >= 11 is 3.31. The minimum Gasteiger partial charge on any atom is -0.495 e. The van der Waals surface area contributed by atoms with E-state index in [0.29, 0.717) is 27.7 Å². The lowest BCUT2D eigenvalue weighted by Crippen LogP contribution is -2.34. The standard InChI is InChI=1S/C11H11BrN2O3/c1-3-14-10(15)8-6(12)4-5-7(17-2)9(8)13-11(14)16/h4-5H,3H2,1-2H3,(H,13,16). The fraction of sp³-hybridized carbons (Fsp3) is 0.273. The number of hydrogen-bond acceptors (Lipinski definition) is 3. The monoisotopic (exact) mass is 298 g/mol. The molecule has 2 rings (SSSR count). The number of rotatable bonds is 2. The van der Waals surface area contributed by atoms with Gasteiger partial charge in [0.25, 0.3) is 5.56 Å². The third-order valence-corrected chi connectivity index (χ3v) is 3.25. The van der Waals surface area contributed by atoms with E-state index in [9.17, 15) is 9.59 Å². The molecule has 1 aromatic carbocycles. The lowest BCUT2D eigenvalue weighted by molar-refractivity contribution is 0.418. The van der Waals surface area contributed by atoms with Crippen molar-refractivity contribution in [2.24, 2.45) is 0 Å². The van der Waals surface area contributed by atoms with Gasteiger partial charge in [0.1, 0.15) is 5.75 Å². The van der Waals surface area contributed by atoms with Gasteiger partial charge in [0.05, 0.1) is 18.0 Å². The van der Waals surface area contributed by atoms with Gasteiger partial charge in [0.2, 0.25) is 0 Å². The number of halogens is 1. The van der Waals surface area contributed by atoms with Crippen LogP contribution in [0.15, 0.2) is 26.2 Å². The third kappa shape index (κ3) is 1.78. The van der Waals surface area contributed by atoms with Crippen molar-refractivity contribution in [3.63, 3.8) is 0 Å². The Kier molecular flexibility index (Phi) is 3.06. The van der Waals surface area contributed by atoms with E-state index in [1.54, 1.807) is 19.1 Å². The highest BCUT2D eigenvalue weighted by Gasteiger charge is 2.12. The number of nitrogens with zero attached hydrogens (tertiary/aromatic N) is 1. The molecule has 0 atom stereocenters. The smallest absolute Gasteiger partial charge is 0.328 e. The number of fused-ring (bicyclic) bond motifs is 1. The number of benzene rings is 1. The molecule has 5 nitrogen and oxygen atoms in total. The average molecular weight is 299 g/mol. The van der Waals surface area contributed by atoms with Crippen LogP contribution in [-0.2, 0) is 6.54 Å². The van der Waals surface area contributed by atoms with Gasteiger partial charge in [-0.25, -0.2) is 4.79 Å². The van der Waals surface area contributed by atoms with Crippen LogP contribution in [0.5, 0.6) is 5.75 Å². The van der Waals surface area contributed by atoms with Crippen LogP contribution >= 0.6 is 15.9 Å². The molecule has 0 saturated heterocycles. The molecular formula is C11H11BrN2O3. The first-order valence-electron chi connectivity index (χ1n) is 5.09. The lowest BCUT2D eigenvalue weighted by Gasteiger charge is -2.08. The van der Waals surface area contributed by atoms with Crippen LogP contribution in [0.3, 0.4) is 0 Å². The Morgan fingerprint density at radius 3 is 2.71 bits per heavy atom.